The predicted octanol–water partition coefficient (Wildman–Crippen LogP) is 0.597. The Kier molecular flexibility index (Phi) is 6.50. The van der Waals surface area contributed by atoms with Crippen LogP contribution in [-0.2, 0) is 14.3 Å². The van der Waals surface area contributed by atoms with Crippen LogP contribution in [0.25, 0.3) is 0 Å². The van der Waals surface area contributed by atoms with Gasteiger partial charge in [-0.15, -0.1) is 11.8 Å². The van der Waals surface area contributed by atoms with E-state index in [1.165, 1.54) is 11.8 Å². The third kappa shape index (κ3) is 4.61. The van der Waals surface area contributed by atoms with Crippen molar-refractivity contribution in [2.45, 2.75) is 44.0 Å². The van der Waals surface area contributed by atoms with E-state index >= 15 is 0 Å². The van der Waals surface area contributed by atoms with Gasteiger partial charge >= 0.3 is 6.09 Å². The van der Waals surface area contributed by atoms with Gasteiger partial charge in [-0.25, -0.2) is 4.79 Å². The van der Waals surface area contributed by atoms with Crippen LogP contribution in [0.4, 0.5) is 4.79 Å². The average Bonchev–Trinajstić information content (AvgIpc) is 2.96. The van der Waals surface area contributed by atoms with Gasteiger partial charge in [0.25, 0.3) is 0 Å². The van der Waals surface area contributed by atoms with Crippen LogP contribution in [0.2, 0.25) is 0 Å². The van der Waals surface area contributed by atoms with Gasteiger partial charge in [-0.2, -0.15) is 0 Å². The molecular formula is C14H23N3O4S. The highest BCUT2D eigenvalue weighted by atomic mass is 32.2. The number of imide groups is 1. The summed E-state index contributed by atoms with van der Waals surface area (Å²) >= 11 is 1.54. The molecule has 3 N–H and O–H groups in total. The SMILES string of the molecule is CCOC(=O)NC(=O)C1CCSC1NC(=O)C1CCCCN1. The molecule has 0 aromatic rings. The minimum absolute atomic E-state index is 0.0620. The third-order valence-corrected chi connectivity index (χ3v) is 5.12. The summed E-state index contributed by atoms with van der Waals surface area (Å²) in [6, 6.07) is -0.177. The number of hydrogen-bond donors (Lipinski definition) is 3. The number of carbonyl (C=O) groups is 3. The molecule has 2 saturated heterocycles. The van der Waals surface area contributed by atoms with Crippen molar-refractivity contribution in [3.63, 3.8) is 0 Å². The van der Waals surface area contributed by atoms with Crippen LogP contribution < -0.4 is 16.0 Å². The number of alkyl carbamates (subject to hydrolysis) is 1. The summed E-state index contributed by atoms with van der Waals surface area (Å²) in [5.41, 5.74) is 0. The number of nitrogens with one attached hydrogen (secondary N) is 3. The topological polar surface area (TPSA) is 96.5 Å². The second-order valence-corrected chi connectivity index (χ2v) is 6.66. The van der Waals surface area contributed by atoms with Crippen molar-refractivity contribution in [2.24, 2.45) is 5.92 Å². The largest absolute Gasteiger partial charge is 0.450 e. The van der Waals surface area contributed by atoms with Gasteiger partial charge in [0.05, 0.1) is 23.9 Å². The van der Waals surface area contributed by atoms with Gasteiger partial charge in [0, 0.05) is 0 Å². The van der Waals surface area contributed by atoms with Gasteiger partial charge in [-0.1, -0.05) is 6.42 Å². The predicted molar refractivity (Wildman–Crippen MR) is 83.3 cm³/mol. The minimum Gasteiger partial charge on any atom is -0.450 e. The van der Waals surface area contributed by atoms with Crippen LogP contribution in [0.15, 0.2) is 0 Å². The standard InChI is InChI=1S/C14H23N3O4S/c1-2-21-14(20)17-11(18)9-6-8-22-13(9)16-12(19)10-5-3-4-7-15-10/h9-10,13,15H,2-8H2,1H3,(H,16,19)(H,17,18,20). The maximum atomic E-state index is 12.2. The Labute approximate surface area is 134 Å². The fourth-order valence-electron chi connectivity index (χ4n) is 2.68. The van der Waals surface area contributed by atoms with E-state index in [-0.39, 0.29) is 29.8 Å². The summed E-state index contributed by atoms with van der Waals surface area (Å²) < 4.78 is 4.71. The van der Waals surface area contributed by atoms with Crippen LogP contribution in [0.1, 0.15) is 32.6 Å². The molecule has 0 aromatic carbocycles. The van der Waals surface area contributed by atoms with Crippen LogP contribution in [-0.4, -0.2) is 48.2 Å². The Hall–Kier alpha value is -1.28. The molecule has 2 aliphatic heterocycles. The molecule has 3 atom stereocenters. The highest BCUT2D eigenvalue weighted by Gasteiger charge is 2.36. The number of hydrogen-bond acceptors (Lipinski definition) is 6. The van der Waals surface area contributed by atoms with E-state index in [0.717, 1.165) is 31.6 Å². The molecule has 3 unspecified atom stereocenters. The van der Waals surface area contributed by atoms with E-state index in [1.807, 2.05) is 0 Å². The number of amides is 3. The average molecular weight is 329 g/mol. The molecule has 22 heavy (non-hydrogen) atoms. The van der Waals surface area contributed by atoms with Crippen molar-refractivity contribution < 1.29 is 19.1 Å². The lowest BCUT2D eigenvalue weighted by molar-refractivity contribution is -0.126. The molecule has 0 aromatic heterocycles. The van der Waals surface area contributed by atoms with Crippen molar-refractivity contribution in [2.75, 3.05) is 18.9 Å². The summed E-state index contributed by atoms with van der Waals surface area (Å²) in [5.74, 6) is -0.0652. The Morgan fingerprint density at radius 2 is 2.05 bits per heavy atom. The fourth-order valence-corrected chi connectivity index (χ4v) is 4.01. The lowest BCUT2D eigenvalue weighted by Crippen LogP contribution is -2.51. The first-order chi connectivity index (χ1) is 10.6. The second-order valence-electron chi connectivity index (χ2n) is 5.41. The number of thioether (sulfide) groups is 1. The molecule has 0 saturated carbocycles. The first-order valence-corrected chi connectivity index (χ1v) is 8.79. The fraction of sp³-hybridized carbons (Fsp3) is 0.786. The van der Waals surface area contributed by atoms with Crippen LogP contribution >= 0.6 is 11.8 Å². The molecule has 2 fully saturated rings. The van der Waals surface area contributed by atoms with Gasteiger partial charge in [-0.05, 0) is 38.5 Å². The van der Waals surface area contributed by atoms with E-state index in [2.05, 4.69) is 16.0 Å². The molecule has 2 heterocycles. The van der Waals surface area contributed by atoms with Crippen molar-refractivity contribution in [3.05, 3.63) is 0 Å². The van der Waals surface area contributed by atoms with Crippen molar-refractivity contribution >= 4 is 29.7 Å². The number of piperidine rings is 1. The summed E-state index contributed by atoms with van der Waals surface area (Å²) in [7, 11) is 0. The maximum absolute atomic E-state index is 12.2. The van der Waals surface area contributed by atoms with Gasteiger partial charge in [0.2, 0.25) is 11.8 Å². The first kappa shape index (κ1) is 17.1. The third-order valence-electron chi connectivity index (χ3n) is 3.84. The van der Waals surface area contributed by atoms with E-state index in [1.54, 1.807) is 6.92 Å². The van der Waals surface area contributed by atoms with Crippen LogP contribution in [0.5, 0.6) is 0 Å². The molecule has 0 radical (unpaired) electrons. The highest BCUT2D eigenvalue weighted by Crippen LogP contribution is 2.30. The number of ether oxygens (including phenoxy) is 1. The zero-order chi connectivity index (χ0) is 15.9. The van der Waals surface area contributed by atoms with Gasteiger partial charge in [-0.3, -0.25) is 14.9 Å². The molecule has 2 rings (SSSR count). The number of rotatable bonds is 4. The monoisotopic (exact) mass is 329 g/mol. The zero-order valence-electron chi connectivity index (χ0n) is 12.7. The van der Waals surface area contributed by atoms with Gasteiger partial charge < -0.3 is 15.4 Å². The molecule has 8 heteroatoms. The summed E-state index contributed by atoms with van der Waals surface area (Å²) in [6.07, 6.45) is 2.85. The minimum atomic E-state index is -0.733. The van der Waals surface area contributed by atoms with Crippen molar-refractivity contribution in [3.8, 4) is 0 Å². The number of carbonyl (C=O) groups excluding carboxylic acids is 3. The maximum Gasteiger partial charge on any atom is 0.413 e. The summed E-state index contributed by atoms with van der Waals surface area (Å²) in [6.45, 7) is 2.74. The lowest BCUT2D eigenvalue weighted by Gasteiger charge is -2.26. The molecule has 0 spiro atoms. The molecule has 3 amide bonds. The molecule has 0 bridgehead atoms. The summed E-state index contributed by atoms with van der Waals surface area (Å²) in [5, 5.41) is 8.06. The zero-order valence-corrected chi connectivity index (χ0v) is 13.5. The molecule has 124 valence electrons. The smallest absolute Gasteiger partial charge is 0.413 e. The highest BCUT2D eigenvalue weighted by molar-refractivity contribution is 8.00. The molecule has 2 aliphatic rings. The van der Waals surface area contributed by atoms with E-state index in [9.17, 15) is 14.4 Å². The van der Waals surface area contributed by atoms with Gasteiger partial charge in [0.15, 0.2) is 0 Å². The van der Waals surface area contributed by atoms with E-state index in [4.69, 9.17) is 4.74 Å². The van der Waals surface area contributed by atoms with Gasteiger partial charge in [0.1, 0.15) is 0 Å². The van der Waals surface area contributed by atoms with E-state index < -0.39 is 12.0 Å². The second kappa shape index (κ2) is 8.38. The van der Waals surface area contributed by atoms with Crippen molar-refractivity contribution in [1.82, 2.24) is 16.0 Å². The first-order valence-electron chi connectivity index (χ1n) is 7.74. The Morgan fingerprint density at radius 1 is 1.23 bits per heavy atom. The molecular weight excluding hydrogens is 306 g/mol. The Bertz CT molecular complexity index is 426. The normalized spacial score (nSPS) is 28.0. The van der Waals surface area contributed by atoms with E-state index in [0.29, 0.717) is 6.42 Å². The van der Waals surface area contributed by atoms with Crippen LogP contribution in [0, 0.1) is 5.92 Å². The Balaban J connectivity index is 1.85. The molecule has 7 nitrogen and oxygen atoms in total. The van der Waals surface area contributed by atoms with Crippen molar-refractivity contribution in [1.29, 1.82) is 0 Å². The molecule has 0 aliphatic carbocycles. The van der Waals surface area contributed by atoms with Crippen LogP contribution in [0.3, 0.4) is 0 Å². The Morgan fingerprint density at radius 3 is 2.73 bits per heavy atom. The quantitative estimate of drug-likeness (QED) is 0.699. The lowest BCUT2D eigenvalue weighted by atomic mass is 10.0. The summed E-state index contributed by atoms with van der Waals surface area (Å²) in [4.78, 5) is 35.7.